The summed E-state index contributed by atoms with van der Waals surface area (Å²) in [5.41, 5.74) is 0. The molecule has 0 bridgehead atoms. The van der Waals surface area contributed by atoms with E-state index >= 15 is 0 Å². The van der Waals surface area contributed by atoms with Gasteiger partial charge in [0.1, 0.15) is 0 Å². The van der Waals surface area contributed by atoms with E-state index < -0.39 is 0 Å². The lowest BCUT2D eigenvalue weighted by molar-refractivity contribution is -0.120. The highest BCUT2D eigenvalue weighted by Crippen LogP contribution is 2.20. The number of methoxy groups -OCH3 is 1. The Morgan fingerprint density at radius 1 is 1.26 bits per heavy atom. The SMILES string of the molecule is COc1cnc(NC(=O)C2CCC=CCCC2)nc1. The molecule has 2 rings (SSSR count). The van der Waals surface area contributed by atoms with Crippen LogP contribution < -0.4 is 10.1 Å². The fraction of sp³-hybridized carbons (Fsp3) is 0.500. The fourth-order valence-electron chi connectivity index (χ4n) is 2.12. The highest BCUT2D eigenvalue weighted by molar-refractivity contribution is 5.90. The van der Waals surface area contributed by atoms with Crippen molar-refractivity contribution in [1.82, 2.24) is 9.97 Å². The zero-order valence-corrected chi connectivity index (χ0v) is 11.1. The summed E-state index contributed by atoms with van der Waals surface area (Å²) >= 11 is 0. The van der Waals surface area contributed by atoms with Crippen molar-refractivity contribution >= 4 is 11.9 Å². The van der Waals surface area contributed by atoms with Gasteiger partial charge in [-0.3, -0.25) is 10.1 Å². The first-order valence-corrected chi connectivity index (χ1v) is 6.61. The predicted octanol–water partition coefficient (Wildman–Crippen LogP) is 2.56. The van der Waals surface area contributed by atoms with Crippen molar-refractivity contribution in [3.05, 3.63) is 24.5 Å². The Kier molecular flexibility index (Phi) is 4.89. The van der Waals surface area contributed by atoms with Gasteiger partial charge in [0, 0.05) is 5.92 Å². The van der Waals surface area contributed by atoms with E-state index in [0.717, 1.165) is 32.1 Å². The monoisotopic (exact) mass is 261 g/mol. The predicted molar refractivity (Wildman–Crippen MR) is 72.9 cm³/mol. The Labute approximate surface area is 113 Å². The van der Waals surface area contributed by atoms with Crippen molar-refractivity contribution in [3.8, 4) is 5.75 Å². The van der Waals surface area contributed by atoms with Crippen molar-refractivity contribution in [2.45, 2.75) is 32.1 Å². The maximum atomic E-state index is 12.1. The second kappa shape index (κ2) is 6.87. The average Bonchev–Trinajstić information content (AvgIpc) is 2.39. The molecule has 1 aromatic rings. The maximum Gasteiger partial charge on any atom is 0.229 e. The third-order valence-corrected chi connectivity index (χ3v) is 3.24. The van der Waals surface area contributed by atoms with E-state index in [4.69, 9.17) is 4.74 Å². The summed E-state index contributed by atoms with van der Waals surface area (Å²) < 4.78 is 4.98. The zero-order chi connectivity index (χ0) is 13.5. The van der Waals surface area contributed by atoms with Crippen LogP contribution in [0.3, 0.4) is 0 Å². The molecule has 1 unspecified atom stereocenters. The van der Waals surface area contributed by atoms with Gasteiger partial charge in [-0.2, -0.15) is 0 Å². The lowest BCUT2D eigenvalue weighted by Gasteiger charge is -2.16. The highest BCUT2D eigenvalue weighted by Gasteiger charge is 2.19. The fourth-order valence-corrected chi connectivity index (χ4v) is 2.12. The van der Waals surface area contributed by atoms with Gasteiger partial charge in [-0.25, -0.2) is 9.97 Å². The molecule has 5 nitrogen and oxygen atoms in total. The van der Waals surface area contributed by atoms with Gasteiger partial charge in [-0.1, -0.05) is 12.2 Å². The lowest BCUT2D eigenvalue weighted by atomic mass is 9.93. The quantitative estimate of drug-likeness (QED) is 0.849. The van der Waals surface area contributed by atoms with Gasteiger partial charge in [0.25, 0.3) is 0 Å². The molecule has 0 saturated heterocycles. The van der Waals surface area contributed by atoms with Gasteiger partial charge in [0.2, 0.25) is 11.9 Å². The summed E-state index contributed by atoms with van der Waals surface area (Å²) in [5, 5.41) is 2.77. The Bertz CT molecular complexity index is 443. The molecule has 1 heterocycles. The number of nitrogens with zero attached hydrogens (tertiary/aromatic N) is 2. The first-order chi connectivity index (χ1) is 9.29. The highest BCUT2D eigenvalue weighted by atomic mass is 16.5. The number of ether oxygens (including phenoxy) is 1. The van der Waals surface area contributed by atoms with Gasteiger partial charge in [0.05, 0.1) is 19.5 Å². The van der Waals surface area contributed by atoms with Crippen LogP contribution in [0.25, 0.3) is 0 Å². The van der Waals surface area contributed by atoms with E-state index in [1.54, 1.807) is 19.5 Å². The van der Waals surface area contributed by atoms with Crippen LogP contribution in [0, 0.1) is 5.92 Å². The van der Waals surface area contributed by atoms with Crippen LogP contribution in [0.15, 0.2) is 24.5 Å². The topological polar surface area (TPSA) is 64.1 Å². The minimum Gasteiger partial charge on any atom is -0.494 e. The summed E-state index contributed by atoms with van der Waals surface area (Å²) in [6.45, 7) is 0. The third kappa shape index (κ3) is 4.05. The molecule has 1 aliphatic carbocycles. The van der Waals surface area contributed by atoms with Crippen molar-refractivity contribution in [2.24, 2.45) is 5.92 Å². The first-order valence-electron chi connectivity index (χ1n) is 6.61. The number of carbonyl (C=O) groups is 1. The molecular formula is C14H19N3O2. The number of hydrogen-bond acceptors (Lipinski definition) is 4. The largest absolute Gasteiger partial charge is 0.494 e. The van der Waals surface area contributed by atoms with Crippen LogP contribution in [-0.2, 0) is 4.79 Å². The number of aromatic nitrogens is 2. The van der Waals surface area contributed by atoms with Crippen LogP contribution in [0.1, 0.15) is 32.1 Å². The van der Waals surface area contributed by atoms with Crippen molar-refractivity contribution in [1.29, 1.82) is 0 Å². The molecule has 0 radical (unpaired) electrons. The number of carbonyl (C=O) groups excluding carboxylic acids is 1. The van der Waals surface area contributed by atoms with E-state index in [-0.39, 0.29) is 11.8 Å². The van der Waals surface area contributed by atoms with E-state index in [1.165, 1.54) is 0 Å². The standard InChI is InChI=1S/C14H19N3O2/c1-19-12-9-15-14(16-10-12)17-13(18)11-7-5-3-2-4-6-8-11/h2-3,9-11H,4-8H2,1H3,(H,15,16,17,18). The molecule has 0 fully saturated rings. The number of rotatable bonds is 3. The zero-order valence-electron chi connectivity index (χ0n) is 11.1. The molecule has 1 aliphatic rings. The molecule has 1 aromatic heterocycles. The van der Waals surface area contributed by atoms with Gasteiger partial charge in [-0.15, -0.1) is 0 Å². The number of amides is 1. The van der Waals surface area contributed by atoms with Gasteiger partial charge >= 0.3 is 0 Å². The van der Waals surface area contributed by atoms with Crippen molar-refractivity contribution in [2.75, 3.05) is 12.4 Å². The van der Waals surface area contributed by atoms with E-state index in [1.807, 2.05) is 0 Å². The van der Waals surface area contributed by atoms with Crippen LogP contribution in [0.5, 0.6) is 5.75 Å². The number of nitrogens with one attached hydrogen (secondary N) is 1. The summed E-state index contributed by atoms with van der Waals surface area (Å²) in [6.07, 6.45) is 12.3. The van der Waals surface area contributed by atoms with E-state index in [9.17, 15) is 4.79 Å². The molecule has 1 N–H and O–H groups in total. The van der Waals surface area contributed by atoms with Crippen molar-refractivity contribution < 1.29 is 9.53 Å². The van der Waals surface area contributed by atoms with Crippen LogP contribution >= 0.6 is 0 Å². The molecule has 5 heteroatoms. The van der Waals surface area contributed by atoms with Crippen molar-refractivity contribution in [3.63, 3.8) is 0 Å². The second-order valence-corrected chi connectivity index (χ2v) is 4.61. The summed E-state index contributed by atoms with van der Waals surface area (Å²) in [6, 6.07) is 0. The Hall–Kier alpha value is -1.91. The normalized spacial score (nSPS) is 19.3. The van der Waals surface area contributed by atoms with Crippen LogP contribution in [-0.4, -0.2) is 23.0 Å². The molecule has 0 saturated carbocycles. The summed E-state index contributed by atoms with van der Waals surface area (Å²) in [4.78, 5) is 20.2. The minimum atomic E-state index is 0.0143. The smallest absolute Gasteiger partial charge is 0.229 e. The van der Waals surface area contributed by atoms with E-state index in [2.05, 4.69) is 27.4 Å². The Balaban J connectivity index is 1.93. The summed E-state index contributed by atoms with van der Waals surface area (Å²) in [5.74, 6) is 0.980. The minimum absolute atomic E-state index is 0.0143. The molecule has 0 aromatic carbocycles. The van der Waals surface area contributed by atoms with Gasteiger partial charge in [-0.05, 0) is 32.1 Å². The molecule has 19 heavy (non-hydrogen) atoms. The lowest BCUT2D eigenvalue weighted by Crippen LogP contribution is -2.24. The molecule has 1 atom stereocenters. The molecule has 1 amide bonds. The van der Waals surface area contributed by atoms with Crippen LogP contribution in [0.4, 0.5) is 5.95 Å². The molecule has 0 aliphatic heterocycles. The first kappa shape index (κ1) is 13.5. The molecule has 0 spiro atoms. The molecular weight excluding hydrogens is 242 g/mol. The summed E-state index contributed by atoms with van der Waals surface area (Å²) in [7, 11) is 1.55. The number of anilines is 1. The Morgan fingerprint density at radius 3 is 2.74 bits per heavy atom. The van der Waals surface area contributed by atoms with Gasteiger partial charge < -0.3 is 4.74 Å². The maximum absolute atomic E-state index is 12.1. The number of hydrogen-bond donors (Lipinski definition) is 1. The second-order valence-electron chi connectivity index (χ2n) is 4.61. The Morgan fingerprint density at radius 2 is 2.00 bits per heavy atom. The van der Waals surface area contributed by atoms with E-state index in [0.29, 0.717) is 11.7 Å². The number of allylic oxidation sites excluding steroid dienone is 2. The van der Waals surface area contributed by atoms with Gasteiger partial charge in [0.15, 0.2) is 5.75 Å². The van der Waals surface area contributed by atoms with Crippen LogP contribution in [0.2, 0.25) is 0 Å². The molecule has 102 valence electrons. The third-order valence-electron chi connectivity index (χ3n) is 3.24. The average molecular weight is 261 g/mol.